The number of halogens is 3. The Bertz CT molecular complexity index is 298. The molecule has 0 saturated carbocycles. The van der Waals surface area contributed by atoms with E-state index in [1.165, 1.54) is 0 Å². The lowest BCUT2D eigenvalue weighted by Gasteiger charge is -1.96. The molecule has 4 heteroatoms. The topological polar surface area (TPSA) is 17.1 Å². The summed E-state index contributed by atoms with van der Waals surface area (Å²) in [7, 11) is 0. The molecule has 0 aliphatic rings. The molecule has 0 unspecified atom stereocenters. The van der Waals surface area contributed by atoms with Gasteiger partial charge in [0.05, 0.1) is 0 Å². The van der Waals surface area contributed by atoms with Gasteiger partial charge in [0, 0.05) is 12.7 Å². The zero-order chi connectivity index (χ0) is 8.43. The molecule has 0 radical (unpaired) electrons. The van der Waals surface area contributed by atoms with Gasteiger partial charge in [-0.05, 0) is 75.0 Å². The second-order valence-electron chi connectivity index (χ2n) is 1.90. The van der Waals surface area contributed by atoms with E-state index in [9.17, 15) is 4.79 Å². The van der Waals surface area contributed by atoms with Crippen LogP contribution in [0.4, 0.5) is 0 Å². The SMILES string of the molecule is O=C(Cl)c1ccc(I)c(I)c1. The van der Waals surface area contributed by atoms with Gasteiger partial charge < -0.3 is 0 Å². The Kier molecular flexibility index (Phi) is 3.57. The second-order valence-corrected chi connectivity index (χ2v) is 4.57. The summed E-state index contributed by atoms with van der Waals surface area (Å²) in [5.41, 5.74) is 0.552. The lowest BCUT2D eigenvalue weighted by atomic mass is 10.2. The molecule has 0 fully saturated rings. The molecule has 0 bridgehead atoms. The van der Waals surface area contributed by atoms with E-state index in [0.717, 1.165) is 7.14 Å². The summed E-state index contributed by atoms with van der Waals surface area (Å²) in [4.78, 5) is 10.7. The Labute approximate surface area is 96.8 Å². The van der Waals surface area contributed by atoms with Crippen molar-refractivity contribution in [1.82, 2.24) is 0 Å². The predicted molar refractivity (Wildman–Crippen MR) is 62.1 cm³/mol. The average Bonchev–Trinajstić information content (AvgIpc) is 1.94. The van der Waals surface area contributed by atoms with Crippen molar-refractivity contribution in [3.8, 4) is 0 Å². The molecule has 0 atom stereocenters. The first-order valence-electron chi connectivity index (χ1n) is 2.76. The molecule has 1 rings (SSSR count). The number of benzene rings is 1. The molecule has 0 aliphatic heterocycles. The largest absolute Gasteiger partial charge is 0.276 e. The first-order chi connectivity index (χ1) is 5.11. The van der Waals surface area contributed by atoms with Crippen LogP contribution in [0.15, 0.2) is 18.2 Å². The lowest BCUT2D eigenvalue weighted by Crippen LogP contribution is -1.90. The van der Waals surface area contributed by atoms with Crippen LogP contribution >= 0.6 is 56.8 Å². The fourth-order valence-electron chi connectivity index (χ4n) is 0.618. The summed E-state index contributed by atoms with van der Waals surface area (Å²) in [6.45, 7) is 0. The van der Waals surface area contributed by atoms with Crippen LogP contribution in [-0.2, 0) is 0 Å². The highest BCUT2D eigenvalue weighted by atomic mass is 127. The highest BCUT2D eigenvalue weighted by Crippen LogP contribution is 2.17. The molecule has 11 heavy (non-hydrogen) atoms. The molecular formula is C7H3ClI2O. The van der Waals surface area contributed by atoms with E-state index in [-0.39, 0.29) is 0 Å². The molecular weight excluding hydrogens is 389 g/mol. The van der Waals surface area contributed by atoms with Gasteiger partial charge in [0.25, 0.3) is 5.24 Å². The maximum Gasteiger partial charge on any atom is 0.252 e. The summed E-state index contributed by atoms with van der Waals surface area (Å²) in [6.07, 6.45) is 0. The van der Waals surface area contributed by atoms with Crippen molar-refractivity contribution in [2.45, 2.75) is 0 Å². The Balaban J connectivity index is 3.15. The van der Waals surface area contributed by atoms with Gasteiger partial charge in [-0.2, -0.15) is 0 Å². The van der Waals surface area contributed by atoms with Crippen molar-refractivity contribution in [3.05, 3.63) is 30.9 Å². The van der Waals surface area contributed by atoms with Gasteiger partial charge in [0.1, 0.15) is 0 Å². The van der Waals surface area contributed by atoms with Crippen LogP contribution in [0.5, 0.6) is 0 Å². The van der Waals surface area contributed by atoms with E-state index in [4.69, 9.17) is 11.6 Å². The van der Waals surface area contributed by atoms with Crippen LogP contribution in [0.3, 0.4) is 0 Å². The van der Waals surface area contributed by atoms with Gasteiger partial charge in [0.15, 0.2) is 0 Å². The van der Waals surface area contributed by atoms with E-state index in [1.807, 2.05) is 6.07 Å². The summed E-state index contributed by atoms with van der Waals surface area (Å²) in [5.74, 6) is 0. The van der Waals surface area contributed by atoms with E-state index >= 15 is 0 Å². The van der Waals surface area contributed by atoms with Crippen LogP contribution in [-0.4, -0.2) is 5.24 Å². The maximum atomic E-state index is 10.7. The minimum Gasteiger partial charge on any atom is -0.276 e. The number of hydrogen-bond acceptors (Lipinski definition) is 1. The van der Waals surface area contributed by atoms with Crippen molar-refractivity contribution < 1.29 is 4.79 Å². The van der Waals surface area contributed by atoms with Crippen molar-refractivity contribution in [2.75, 3.05) is 0 Å². The highest BCUT2D eigenvalue weighted by Gasteiger charge is 2.03. The van der Waals surface area contributed by atoms with Crippen LogP contribution in [0.2, 0.25) is 0 Å². The first-order valence-corrected chi connectivity index (χ1v) is 5.29. The molecule has 0 N–H and O–H groups in total. The summed E-state index contributed by atoms with van der Waals surface area (Å²) >= 11 is 9.65. The number of carbonyl (C=O) groups is 1. The third-order valence-electron chi connectivity index (χ3n) is 1.15. The molecule has 0 aromatic heterocycles. The standard InChI is InChI=1S/C7H3ClI2O/c8-7(11)4-1-2-5(9)6(10)3-4/h1-3H. The first kappa shape index (κ1) is 9.73. The molecule has 0 heterocycles. The van der Waals surface area contributed by atoms with Crippen molar-refractivity contribution in [1.29, 1.82) is 0 Å². The quantitative estimate of drug-likeness (QED) is 0.530. The number of carbonyl (C=O) groups excluding carboxylic acids is 1. The molecule has 0 saturated heterocycles. The molecule has 0 amide bonds. The predicted octanol–water partition coefficient (Wildman–Crippen LogP) is 3.27. The molecule has 58 valence electrons. The molecule has 1 nitrogen and oxygen atoms in total. The zero-order valence-electron chi connectivity index (χ0n) is 5.27. The van der Waals surface area contributed by atoms with Crippen LogP contribution in [0.1, 0.15) is 10.4 Å². The fraction of sp³-hybridized carbons (Fsp3) is 0. The molecule has 0 spiro atoms. The Morgan fingerprint density at radius 1 is 1.27 bits per heavy atom. The zero-order valence-corrected chi connectivity index (χ0v) is 10.3. The highest BCUT2D eigenvalue weighted by molar-refractivity contribution is 14.1. The smallest absolute Gasteiger partial charge is 0.252 e. The summed E-state index contributed by atoms with van der Waals surface area (Å²) < 4.78 is 2.18. The van der Waals surface area contributed by atoms with Gasteiger partial charge in [-0.1, -0.05) is 0 Å². The molecule has 0 aliphatic carbocycles. The summed E-state index contributed by atoms with van der Waals surface area (Å²) in [6, 6.07) is 5.37. The van der Waals surface area contributed by atoms with Crippen LogP contribution in [0, 0.1) is 7.14 Å². The summed E-state index contributed by atoms with van der Waals surface area (Å²) in [5, 5.41) is -0.403. The van der Waals surface area contributed by atoms with Gasteiger partial charge in [-0.3, -0.25) is 4.79 Å². The molecule has 1 aromatic rings. The number of hydrogen-bond donors (Lipinski definition) is 0. The van der Waals surface area contributed by atoms with E-state index in [1.54, 1.807) is 12.1 Å². The lowest BCUT2D eigenvalue weighted by molar-refractivity contribution is 0.108. The van der Waals surface area contributed by atoms with Crippen molar-refractivity contribution in [3.63, 3.8) is 0 Å². The van der Waals surface area contributed by atoms with Gasteiger partial charge in [-0.15, -0.1) is 0 Å². The molecule has 1 aromatic carbocycles. The van der Waals surface area contributed by atoms with Crippen LogP contribution < -0.4 is 0 Å². The van der Waals surface area contributed by atoms with Crippen LogP contribution in [0.25, 0.3) is 0 Å². The van der Waals surface area contributed by atoms with E-state index < -0.39 is 5.24 Å². The minimum atomic E-state index is -0.403. The van der Waals surface area contributed by atoms with Gasteiger partial charge >= 0.3 is 0 Å². The fourth-order valence-corrected chi connectivity index (χ4v) is 1.59. The van der Waals surface area contributed by atoms with Gasteiger partial charge in [0.2, 0.25) is 0 Å². The minimum absolute atomic E-state index is 0.403. The maximum absolute atomic E-state index is 10.7. The van der Waals surface area contributed by atoms with E-state index in [2.05, 4.69) is 45.2 Å². The Hall–Kier alpha value is 0.640. The average molecular weight is 392 g/mol. The Morgan fingerprint density at radius 3 is 2.36 bits per heavy atom. The second kappa shape index (κ2) is 4.04. The third kappa shape index (κ3) is 2.55. The third-order valence-corrected chi connectivity index (χ3v) is 4.23. The monoisotopic (exact) mass is 392 g/mol. The Morgan fingerprint density at radius 2 is 1.91 bits per heavy atom. The number of rotatable bonds is 1. The van der Waals surface area contributed by atoms with Crippen molar-refractivity contribution >= 4 is 62.0 Å². The van der Waals surface area contributed by atoms with Crippen molar-refractivity contribution in [2.24, 2.45) is 0 Å². The normalized spacial score (nSPS) is 9.73. The van der Waals surface area contributed by atoms with Gasteiger partial charge in [-0.25, -0.2) is 0 Å². The van der Waals surface area contributed by atoms with E-state index in [0.29, 0.717) is 5.56 Å².